The number of hydrogen-bond donors (Lipinski definition) is 0. The van der Waals surface area contributed by atoms with Gasteiger partial charge in [-0.15, -0.1) is 0 Å². The van der Waals surface area contributed by atoms with Crippen molar-refractivity contribution in [3.63, 3.8) is 0 Å². The summed E-state index contributed by atoms with van der Waals surface area (Å²) in [6.45, 7) is 17.4. The average Bonchev–Trinajstić information content (AvgIpc) is 2.84. The zero-order valence-corrected chi connectivity index (χ0v) is 26.9. The number of carboxylic acid groups (broad SMARTS) is 3. The molecule has 0 amide bonds. The molecule has 0 N–H and O–H groups in total. The molecular formula is C30H57O6V-3. The molecular weight excluding hydrogens is 507 g/mol. The Morgan fingerprint density at radius 3 is 0.757 bits per heavy atom. The van der Waals surface area contributed by atoms with Crippen LogP contribution in [-0.2, 0) is 32.9 Å². The molecule has 6 nitrogen and oxygen atoms in total. The van der Waals surface area contributed by atoms with Crippen LogP contribution in [-0.4, -0.2) is 17.9 Å². The van der Waals surface area contributed by atoms with Crippen LogP contribution in [0.15, 0.2) is 0 Å². The van der Waals surface area contributed by atoms with E-state index in [2.05, 4.69) is 20.8 Å². The molecule has 0 heterocycles. The molecule has 0 aliphatic carbocycles. The molecule has 7 heteroatoms. The van der Waals surface area contributed by atoms with Crippen LogP contribution in [0.25, 0.3) is 0 Å². The van der Waals surface area contributed by atoms with E-state index in [0.717, 1.165) is 77.0 Å². The number of carbonyl (C=O) groups is 3. The number of unbranched alkanes of at least 4 members (excludes halogenated alkanes) is 6. The second-order valence-electron chi connectivity index (χ2n) is 11.0. The fourth-order valence-electron chi connectivity index (χ4n) is 3.57. The van der Waals surface area contributed by atoms with Crippen molar-refractivity contribution in [2.45, 2.75) is 159 Å². The SMILES string of the molecule is CCCCCC(C)(CC)C(=O)[O-].CCCCCC(C)(CC)C(=O)[O-].CCCCCC(C)(CC)C(=O)[O-].[V]. The summed E-state index contributed by atoms with van der Waals surface area (Å²) in [6, 6.07) is 0. The zero-order valence-electron chi connectivity index (χ0n) is 25.5. The maximum absolute atomic E-state index is 10.7. The van der Waals surface area contributed by atoms with E-state index in [4.69, 9.17) is 0 Å². The molecule has 0 saturated carbocycles. The Bertz CT molecular complexity index is 516. The number of hydrogen-bond acceptors (Lipinski definition) is 6. The maximum Gasteiger partial charge on any atom is 0.0473 e. The summed E-state index contributed by atoms with van der Waals surface area (Å²) in [6.07, 6.45) is 14.0. The summed E-state index contributed by atoms with van der Waals surface area (Å²) in [5.74, 6) is -2.71. The average molecular weight is 565 g/mol. The number of aliphatic carboxylic acids is 3. The minimum absolute atomic E-state index is 0. The van der Waals surface area contributed by atoms with E-state index in [1.807, 2.05) is 20.8 Å². The van der Waals surface area contributed by atoms with Gasteiger partial charge in [0.05, 0.1) is 0 Å². The molecule has 3 unspecified atom stereocenters. The fraction of sp³-hybridized carbons (Fsp3) is 0.900. The normalized spacial score (nSPS) is 15.2. The van der Waals surface area contributed by atoms with Gasteiger partial charge in [0.25, 0.3) is 0 Å². The summed E-state index contributed by atoms with van der Waals surface area (Å²) in [4.78, 5) is 32.2. The van der Waals surface area contributed by atoms with E-state index in [-0.39, 0.29) is 18.6 Å². The molecule has 0 bridgehead atoms. The van der Waals surface area contributed by atoms with Gasteiger partial charge in [-0.2, -0.15) is 0 Å². The molecule has 0 spiro atoms. The Labute approximate surface area is 240 Å². The van der Waals surface area contributed by atoms with Crippen molar-refractivity contribution in [2.75, 3.05) is 0 Å². The molecule has 1 radical (unpaired) electrons. The summed E-state index contributed by atoms with van der Waals surface area (Å²) < 4.78 is 0. The first kappa shape index (κ1) is 43.1. The molecule has 37 heavy (non-hydrogen) atoms. The summed E-state index contributed by atoms with van der Waals surface area (Å²) in [7, 11) is 0. The second-order valence-corrected chi connectivity index (χ2v) is 11.0. The third-order valence-electron chi connectivity index (χ3n) is 7.82. The molecule has 221 valence electrons. The molecule has 0 fully saturated rings. The number of rotatable bonds is 18. The Hall–Kier alpha value is -1.01. The Kier molecular flexibility index (Phi) is 28.0. The van der Waals surface area contributed by atoms with E-state index in [0.29, 0.717) is 19.3 Å². The first-order valence-electron chi connectivity index (χ1n) is 14.3. The van der Waals surface area contributed by atoms with Crippen LogP contribution in [0.4, 0.5) is 0 Å². The van der Waals surface area contributed by atoms with E-state index < -0.39 is 34.2 Å². The van der Waals surface area contributed by atoms with Gasteiger partial charge < -0.3 is 29.7 Å². The maximum atomic E-state index is 10.7. The second kappa shape index (κ2) is 24.1. The summed E-state index contributed by atoms with van der Waals surface area (Å²) >= 11 is 0. The molecule has 0 rings (SSSR count). The molecule has 0 aliphatic heterocycles. The Morgan fingerprint density at radius 1 is 0.459 bits per heavy atom. The summed E-state index contributed by atoms with van der Waals surface area (Å²) in [5.41, 5.74) is -1.81. The number of carbonyl (C=O) groups excluding carboxylic acids is 3. The minimum atomic E-state index is -0.902. The van der Waals surface area contributed by atoms with Crippen LogP contribution < -0.4 is 15.3 Å². The molecule has 0 aromatic heterocycles. The van der Waals surface area contributed by atoms with Gasteiger partial charge in [0.2, 0.25) is 0 Å². The fourth-order valence-corrected chi connectivity index (χ4v) is 3.57. The largest absolute Gasteiger partial charge is 0.550 e. The number of carboxylic acids is 3. The molecule has 0 aliphatic rings. The van der Waals surface area contributed by atoms with Crippen LogP contribution >= 0.6 is 0 Å². The van der Waals surface area contributed by atoms with Crippen molar-refractivity contribution >= 4 is 17.9 Å². The van der Waals surface area contributed by atoms with Crippen molar-refractivity contribution in [1.82, 2.24) is 0 Å². The van der Waals surface area contributed by atoms with Crippen molar-refractivity contribution < 1.29 is 48.3 Å². The van der Waals surface area contributed by atoms with Crippen LogP contribution in [0.2, 0.25) is 0 Å². The Balaban J connectivity index is -0.000000218. The smallest absolute Gasteiger partial charge is 0.0473 e. The zero-order chi connectivity index (χ0) is 28.8. The predicted octanol–water partition coefficient (Wildman–Crippen LogP) is 5.20. The third-order valence-corrected chi connectivity index (χ3v) is 7.82. The molecule has 0 aromatic rings. The monoisotopic (exact) mass is 564 g/mol. The van der Waals surface area contributed by atoms with E-state index in [1.165, 1.54) is 0 Å². The van der Waals surface area contributed by atoms with Gasteiger partial charge in [-0.25, -0.2) is 0 Å². The van der Waals surface area contributed by atoms with Gasteiger partial charge in [-0.3, -0.25) is 0 Å². The predicted molar refractivity (Wildman–Crippen MR) is 143 cm³/mol. The van der Waals surface area contributed by atoms with E-state index >= 15 is 0 Å². The van der Waals surface area contributed by atoms with Gasteiger partial charge in [0, 0.05) is 52.7 Å². The first-order valence-corrected chi connectivity index (χ1v) is 14.3. The van der Waals surface area contributed by atoms with Crippen LogP contribution in [0, 0.1) is 16.2 Å². The quantitative estimate of drug-likeness (QED) is 0.211. The van der Waals surface area contributed by atoms with Gasteiger partial charge >= 0.3 is 0 Å². The summed E-state index contributed by atoms with van der Waals surface area (Å²) in [5, 5.41) is 32.2. The molecule has 0 aromatic carbocycles. The molecule has 0 saturated heterocycles. The topological polar surface area (TPSA) is 120 Å². The van der Waals surface area contributed by atoms with Crippen molar-refractivity contribution in [3.05, 3.63) is 0 Å². The first-order chi connectivity index (χ1) is 16.7. The third kappa shape index (κ3) is 19.7. The van der Waals surface area contributed by atoms with Gasteiger partial charge in [-0.1, -0.05) is 120 Å². The van der Waals surface area contributed by atoms with Crippen LogP contribution in [0.1, 0.15) is 159 Å². The van der Waals surface area contributed by atoms with Crippen LogP contribution in [0.5, 0.6) is 0 Å². The Morgan fingerprint density at radius 2 is 0.649 bits per heavy atom. The van der Waals surface area contributed by atoms with Crippen LogP contribution in [0.3, 0.4) is 0 Å². The molecule has 3 atom stereocenters. The van der Waals surface area contributed by atoms with Gasteiger partial charge in [0.1, 0.15) is 0 Å². The van der Waals surface area contributed by atoms with E-state index in [1.54, 1.807) is 20.8 Å². The van der Waals surface area contributed by atoms with Gasteiger partial charge in [-0.05, 0) is 38.5 Å². The standard InChI is InChI=1S/3C10H20O2.V/c3*1-4-6-7-8-10(3,5-2)9(11)12;/h3*4-8H2,1-3H3,(H,11,12);/p-3. The minimum Gasteiger partial charge on any atom is -0.550 e. The van der Waals surface area contributed by atoms with E-state index in [9.17, 15) is 29.7 Å². The van der Waals surface area contributed by atoms with Crippen molar-refractivity contribution in [2.24, 2.45) is 16.2 Å². The van der Waals surface area contributed by atoms with Gasteiger partial charge in [0.15, 0.2) is 0 Å². The van der Waals surface area contributed by atoms with Crippen molar-refractivity contribution in [1.29, 1.82) is 0 Å². The van der Waals surface area contributed by atoms with Crippen molar-refractivity contribution in [3.8, 4) is 0 Å².